The molecular weight excluding hydrogens is 222 g/mol. The summed E-state index contributed by atoms with van der Waals surface area (Å²) in [7, 11) is 0. The van der Waals surface area contributed by atoms with Crippen molar-refractivity contribution in [2.24, 2.45) is 0 Å². The summed E-state index contributed by atoms with van der Waals surface area (Å²) in [5.41, 5.74) is 0. The highest BCUT2D eigenvalue weighted by molar-refractivity contribution is 4.67. The number of hydrogen-bond acceptors (Lipinski definition) is 2. The number of hydrogen-bond donors (Lipinski definition) is 1. The highest BCUT2D eigenvalue weighted by Crippen LogP contribution is 2.11. The van der Waals surface area contributed by atoms with Crippen LogP contribution in [-0.2, 0) is 4.74 Å². The monoisotopic (exact) mass is 257 g/mol. The molecule has 1 N–H and O–H groups in total. The van der Waals surface area contributed by atoms with E-state index >= 15 is 0 Å². The molecule has 0 rings (SSSR count). The van der Waals surface area contributed by atoms with Crippen molar-refractivity contribution in [1.82, 2.24) is 5.32 Å². The zero-order valence-electron chi connectivity index (χ0n) is 13.0. The molecule has 2 heteroatoms. The van der Waals surface area contributed by atoms with Crippen molar-refractivity contribution in [3.63, 3.8) is 0 Å². The average molecular weight is 257 g/mol. The van der Waals surface area contributed by atoms with Crippen LogP contribution in [0.4, 0.5) is 0 Å². The van der Waals surface area contributed by atoms with Crippen molar-refractivity contribution < 1.29 is 4.74 Å². The van der Waals surface area contributed by atoms with E-state index in [2.05, 4.69) is 26.1 Å². The molecule has 0 aromatic heterocycles. The molecule has 0 aromatic rings. The molecule has 0 amide bonds. The molecule has 0 fully saturated rings. The number of nitrogens with one attached hydrogen (secondary N) is 1. The van der Waals surface area contributed by atoms with Crippen LogP contribution in [0.1, 0.15) is 78.6 Å². The second kappa shape index (κ2) is 15.0. The summed E-state index contributed by atoms with van der Waals surface area (Å²) in [5.74, 6) is 0. The fourth-order valence-corrected chi connectivity index (χ4v) is 2.27. The summed E-state index contributed by atoms with van der Waals surface area (Å²) in [4.78, 5) is 0. The second-order valence-corrected chi connectivity index (χ2v) is 5.19. The van der Waals surface area contributed by atoms with E-state index in [1.165, 1.54) is 57.8 Å². The van der Waals surface area contributed by atoms with Crippen LogP contribution in [0.5, 0.6) is 0 Å². The van der Waals surface area contributed by atoms with Crippen molar-refractivity contribution in [2.45, 2.75) is 84.6 Å². The quantitative estimate of drug-likeness (QED) is 0.462. The molecule has 2 nitrogen and oxygen atoms in total. The predicted octanol–water partition coefficient (Wildman–Crippen LogP) is 4.53. The molecule has 0 bridgehead atoms. The SMILES string of the molecule is CCCCCCCC(CCCOCC)NCCC. The maximum atomic E-state index is 5.42. The van der Waals surface area contributed by atoms with Crippen LogP contribution >= 0.6 is 0 Å². The minimum Gasteiger partial charge on any atom is -0.382 e. The standard InChI is InChI=1S/C16H35NO/c1-4-7-8-9-10-12-16(17-14-5-2)13-11-15-18-6-3/h16-17H,4-15H2,1-3H3. The van der Waals surface area contributed by atoms with Gasteiger partial charge in [-0.25, -0.2) is 0 Å². The van der Waals surface area contributed by atoms with Gasteiger partial charge in [0.2, 0.25) is 0 Å². The Kier molecular flexibility index (Phi) is 14.9. The van der Waals surface area contributed by atoms with E-state index in [0.717, 1.165) is 19.8 Å². The molecule has 0 saturated carbocycles. The van der Waals surface area contributed by atoms with E-state index in [9.17, 15) is 0 Å². The molecule has 18 heavy (non-hydrogen) atoms. The Hall–Kier alpha value is -0.0800. The minimum absolute atomic E-state index is 0.715. The lowest BCUT2D eigenvalue weighted by Crippen LogP contribution is -2.30. The molecule has 0 aliphatic heterocycles. The van der Waals surface area contributed by atoms with Crippen molar-refractivity contribution in [1.29, 1.82) is 0 Å². The first kappa shape index (κ1) is 17.9. The summed E-state index contributed by atoms with van der Waals surface area (Å²) < 4.78 is 5.42. The Bertz CT molecular complexity index is 150. The molecule has 0 radical (unpaired) electrons. The van der Waals surface area contributed by atoms with Gasteiger partial charge in [-0.05, 0) is 39.2 Å². The summed E-state index contributed by atoms with van der Waals surface area (Å²) >= 11 is 0. The fourth-order valence-electron chi connectivity index (χ4n) is 2.27. The van der Waals surface area contributed by atoms with Gasteiger partial charge in [0.05, 0.1) is 0 Å². The normalized spacial score (nSPS) is 12.8. The van der Waals surface area contributed by atoms with Gasteiger partial charge in [-0.3, -0.25) is 0 Å². The van der Waals surface area contributed by atoms with E-state index in [1.54, 1.807) is 0 Å². The zero-order valence-corrected chi connectivity index (χ0v) is 13.0. The van der Waals surface area contributed by atoms with Crippen LogP contribution in [-0.4, -0.2) is 25.8 Å². The van der Waals surface area contributed by atoms with Gasteiger partial charge in [-0.1, -0.05) is 46.0 Å². The lowest BCUT2D eigenvalue weighted by molar-refractivity contribution is 0.140. The second-order valence-electron chi connectivity index (χ2n) is 5.19. The molecule has 0 aliphatic carbocycles. The van der Waals surface area contributed by atoms with Gasteiger partial charge >= 0.3 is 0 Å². The van der Waals surface area contributed by atoms with Crippen LogP contribution in [0.25, 0.3) is 0 Å². The summed E-state index contributed by atoms with van der Waals surface area (Å²) in [6.07, 6.45) is 12.0. The first-order chi connectivity index (χ1) is 8.85. The summed E-state index contributed by atoms with van der Waals surface area (Å²) in [6.45, 7) is 9.53. The van der Waals surface area contributed by atoms with Gasteiger partial charge in [0, 0.05) is 19.3 Å². The molecule has 0 aliphatic rings. The lowest BCUT2D eigenvalue weighted by Gasteiger charge is -2.18. The lowest BCUT2D eigenvalue weighted by atomic mass is 10.0. The van der Waals surface area contributed by atoms with E-state index in [1.807, 2.05) is 0 Å². The maximum absolute atomic E-state index is 5.42. The van der Waals surface area contributed by atoms with Gasteiger partial charge in [0.15, 0.2) is 0 Å². The molecule has 0 spiro atoms. The largest absolute Gasteiger partial charge is 0.382 e. The van der Waals surface area contributed by atoms with Crippen LogP contribution < -0.4 is 5.32 Å². The summed E-state index contributed by atoms with van der Waals surface area (Å²) in [6, 6.07) is 0.715. The predicted molar refractivity (Wildman–Crippen MR) is 81.2 cm³/mol. The fraction of sp³-hybridized carbons (Fsp3) is 1.00. The van der Waals surface area contributed by atoms with E-state index in [0.29, 0.717) is 6.04 Å². The average Bonchev–Trinajstić information content (AvgIpc) is 2.39. The Balaban J connectivity index is 3.56. The molecule has 1 unspecified atom stereocenters. The maximum Gasteiger partial charge on any atom is 0.0466 e. The van der Waals surface area contributed by atoms with E-state index < -0.39 is 0 Å². The van der Waals surface area contributed by atoms with E-state index in [-0.39, 0.29) is 0 Å². The molecule has 110 valence electrons. The third-order valence-electron chi connectivity index (χ3n) is 3.38. The first-order valence-electron chi connectivity index (χ1n) is 8.16. The van der Waals surface area contributed by atoms with E-state index in [4.69, 9.17) is 4.74 Å². The zero-order chi connectivity index (χ0) is 13.5. The smallest absolute Gasteiger partial charge is 0.0466 e. The van der Waals surface area contributed by atoms with Crippen molar-refractivity contribution in [2.75, 3.05) is 19.8 Å². The highest BCUT2D eigenvalue weighted by atomic mass is 16.5. The van der Waals surface area contributed by atoms with Gasteiger partial charge in [-0.2, -0.15) is 0 Å². The molecule has 0 heterocycles. The molecule has 0 aromatic carbocycles. The molecule has 1 atom stereocenters. The van der Waals surface area contributed by atoms with Crippen LogP contribution in [0, 0.1) is 0 Å². The Morgan fingerprint density at radius 2 is 1.56 bits per heavy atom. The Morgan fingerprint density at radius 1 is 0.833 bits per heavy atom. The van der Waals surface area contributed by atoms with Crippen molar-refractivity contribution in [3.8, 4) is 0 Å². The Morgan fingerprint density at radius 3 is 2.22 bits per heavy atom. The third-order valence-corrected chi connectivity index (χ3v) is 3.38. The third kappa shape index (κ3) is 12.4. The number of unbranched alkanes of at least 4 members (excludes halogenated alkanes) is 4. The van der Waals surface area contributed by atoms with Gasteiger partial charge in [-0.15, -0.1) is 0 Å². The highest BCUT2D eigenvalue weighted by Gasteiger charge is 2.06. The van der Waals surface area contributed by atoms with Crippen molar-refractivity contribution in [3.05, 3.63) is 0 Å². The number of rotatable bonds is 14. The topological polar surface area (TPSA) is 21.3 Å². The molecular formula is C16H35NO. The van der Waals surface area contributed by atoms with Gasteiger partial charge in [0.25, 0.3) is 0 Å². The van der Waals surface area contributed by atoms with Gasteiger partial charge < -0.3 is 10.1 Å². The van der Waals surface area contributed by atoms with Gasteiger partial charge in [0.1, 0.15) is 0 Å². The van der Waals surface area contributed by atoms with Crippen LogP contribution in [0.15, 0.2) is 0 Å². The Labute approximate surface area is 115 Å². The van der Waals surface area contributed by atoms with Crippen LogP contribution in [0.2, 0.25) is 0 Å². The van der Waals surface area contributed by atoms with Crippen molar-refractivity contribution >= 4 is 0 Å². The van der Waals surface area contributed by atoms with Crippen LogP contribution in [0.3, 0.4) is 0 Å². The first-order valence-corrected chi connectivity index (χ1v) is 8.16. The molecule has 0 saturated heterocycles. The number of ether oxygens (including phenoxy) is 1. The minimum atomic E-state index is 0.715. The summed E-state index contributed by atoms with van der Waals surface area (Å²) in [5, 5.41) is 3.68.